The van der Waals surface area contributed by atoms with Crippen molar-refractivity contribution in [1.82, 2.24) is 10.3 Å². The molecule has 0 atom stereocenters. The van der Waals surface area contributed by atoms with Gasteiger partial charge in [0, 0.05) is 24.0 Å². The quantitative estimate of drug-likeness (QED) is 0.608. The van der Waals surface area contributed by atoms with E-state index in [0.717, 1.165) is 11.3 Å². The standard InChI is InChI=1S/C20H23N3O3S/c1-4-26-19(25)16-7-9-17(10-8-16)23(13-15-6-5-11-21-12-15)20(27)22-18(24)14(2)3/h5-12,14H,4,13H2,1-3H3,(H,22,24,27). The number of nitrogens with zero attached hydrogens (tertiary/aromatic N) is 2. The highest BCUT2D eigenvalue weighted by molar-refractivity contribution is 7.80. The summed E-state index contributed by atoms with van der Waals surface area (Å²) in [5.41, 5.74) is 2.15. The summed E-state index contributed by atoms with van der Waals surface area (Å²) in [6.45, 7) is 6.12. The maximum absolute atomic E-state index is 12.1. The number of pyridine rings is 1. The number of esters is 1. The lowest BCUT2D eigenvalue weighted by molar-refractivity contribution is -0.122. The summed E-state index contributed by atoms with van der Waals surface area (Å²) in [5, 5.41) is 3.06. The summed E-state index contributed by atoms with van der Waals surface area (Å²) in [6, 6.07) is 10.7. The topological polar surface area (TPSA) is 71.5 Å². The molecule has 1 aromatic heterocycles. The first-order chi connectivity index (χ1) is 12.9. The van der Waals surface area contributed by atoms with Crippen LogP contribution in [-0.2, 0) is 16.1 Å². The van der Waals surface area contributed by atoms with Gasteiger partial charge in [0.05, 0.1) is 18.7 Å². The van der Waals surface area contributed by atoms with Crippen LogP contribution in [0.15, 0.2) is 48.8 Å². The van der Waals surface area contributed by atoms with E-state index in [4.69, 9.17) is 17.0 Å². The Morgan fingerprint density at radius 1 is 1.22 bits per heavy atom. The van der Waals surface area contributed by atoms with Gasteiger partial charge in [-0.25, -0.2) is 4.79 Å². The number of ether oxygens (including phenoxy) is 1. The highest BCUT2D eigenvalue weighted by Crippen LogP contribution is 2.19. The Morgan fingerprint density at radius 2 is 1.93 bits per heavy atom. The summed E-state index contributed by atoms with van der Waals surface area (Å²) in [6.07, 6.45) is 3.44. The second-order valence-corrected chi connectivity index (χ2v) is 6.55. The number of carbonyl (C=O) groups excluding carboxylic acids is 2. The van der Waals surface area contributed by atoms with E-state index in [9.17, 15) is 9.59 Å². The minimum absolute atomic E-state index is 0.153. The smallest absolute Gasteiger partial charge is 0.338 e. The molecule has 1 N–H and O–H groups in total. The van der Waals surface area contributed by atoms with Gasteiger partial charge >= 0.3 is 5.97 Å². The Labute approximate surface area is 164 Å². The lowest BCUT2D eigenvalue weighted by Gasteiger charge is -2.26. The van der Waals surface area contributed by atoms with Crippen molar-refractivity contribution in [3.05, 3.63) is 59.9 Å². The van der Waals surface area contributed by atoms with E-state index in [1.807, 2.05) is 12.1 Å². The van der Waals surface area contributed by atoms with Crippen LogP contribution in [0.4, 0.5) is 5.69 Å². The molecule has 0 radical (unpaired) electrons. The van der Waals surface area contributed by atoms with Crippen molar-refractivity contribution in [1.29, 1.82) is 0 Å². The van der Waals surface area contributed by atoms with Gasteiger partial charge in [0.2, 0.25) is 5.91 Å². The molecular formula is C20H23N3O3S. The molecule has 0 fully saturated rings. The molecular weight excluding hydrogens is 362 g/mol. The molecule has 27 heavy (non-hydrogen) atoms. The van der Waals surface area contributed by atoms with Gasteiger partial charge in [-0.2, -0.15) is 0 Å². The van der Waals surface area contributed by atoms with E-state index in [0.29, 0.717) is 23.8 Å². The zero-order chi connectivity index (χ0) is 19.8. The van der Waals surface area contributed by atoms with Gasteiger partial charge < -0.3 is 15.0 Å². The summed E-state index contributed by atoms with van der Waals surface area (Å²) >= 11 is 5.46. The molecule has 0 saturated heterocycles. The first-order valence-corrected chi connectivity index (χ1v) is 9.11. The fraction of sp³-hybridized carbons (Fsp3) is 0.300. The van der Waals surface area contributed by atoms with Crippen LogP contribution in [0.2, 0.25) is 0 Å². The van der Waals surface area contributed by atoms with Crippen molar-refractivity contribution in [2.24, 2.45) is 5.92 Å². The van der Waals surface area contributed by atoms with E-state index in [1.165, 1.54) is 0 Å². The van der Waals surface area contributed by atoms with Gasteiger partial charge in [0.1, 0.15) is 0 Å². The molecule has 0 aliphatic rings. The Balaban J connectivity index is 2.26. The van der Waals surface area contributed by atoms with Crippen molar-refractivity contribution in [2.75, 3.05) is 11.5 Å². The highest BCUT2D eigenvalue weighted by atomic mass is 32.1. The lowest BCUT2D eigenvalue weighted by atomic mass is 10.2. The highest BCUT2D eigenvalue weighted by Gasteiger charge is 2.18. The molecule has 0 aliphatic heterocycles. The van der Waals surface area contributed by atoms with E-state index in [2.05, 4.69) is 10.3 Å². The lowest BCUT2D eigenvalue weighted by Crippen LogP contribution is -2.44. The average molecular weight is 385 g/mol. The molecule has 142 valence electrons. The fourth-order valence-electron chi connectivity index (χ4n) is 2.26. The summed E-state index contributed by atoms with van der Waals surface area (Å²) in [4.78, 5) is 29.8. The number of hydrogen-bond acceptors (Lipinski definition) is 5. The van der Waals surface area contributed by atoms with Gasteiger partial charge in [0.25, 0.3) is 0 Å². The first kappa shape index (κ1) is 20.5. The van der Waals surface area contributed by atoms with Crippen molar-refractivity contribution in [3.8, 4) is 0 Å². The Kier molecular flexibility index (Phi) is 7.43. The molecule has 0 spiro atoms. The predicted molar refractivity (Wildman–Crippen MR) is 108 cm³/mol. The minimum Gasteiger partial charge on any atom is -0.462 e. The van der Waals surface area contributed by atoms with Crippen LogP contribution in [0.5, 0.6) is 0 Å². The van der Waals surface area contributed by atoms with Gasteiger partial charge in [-0.3, -0.25) is 9.78 Å². The molecule has 0 bridgehead atoms. The van der Waals surface area contributed by atoms with E-state index in [-0.39, 0.29) is 17.8 Å². The van der Waals surface area contributed by atoms with E-state index < -0.39 is 0 Å². The molecule has 2 aromatic rings. The maximum Gasteiger partial charge on any atom is 0.338 e. The number of nitrogens with one attached hydrogen (secondary N) is 1. The third-order valence-corrected chi connectivity index (χ3v) is 4.08. The number of hydrogen-bond donors (Lipinski definition) is 1. The summed E-state index contributed by atoms with van der Waals surface area (Å²) in [5.74, 6) is -0.716. The zero-order valence-corrected chi connectivity index (χ0v) is 16.5. The largest absolute Gasteiger partial charge is 0.462 e. The van der Waals surface area contributed by atoms with Gasteiger partial charge in [0.15, 0.2) is 5.11 Å². The average Bonchev–Trinajstić information content (AvgIpc) is 2.67. The molecule has 0 saturated carbocycles. The molecule has 2 rings (SSSR count). The molecule has 1 aromatic carbocycles. The van der Waals surface area contributed by atoms with Crippen LogP contribution >= 0.6 is 12.2 Å². The second kappa shape index (κ2) is 9.78. The number of rotatable bonds is 6. The normalized spacial score (nSPS) is 10.4. The molecule has 0 aliphatic carbocycles. The number of aromatic nitrogens is 1. The van der Waals surface area contributed by atoms with Crippen molar-refractivity contribution in [3.63, 3.8) is 0 Å². The number of amides is 1. The Hall–Kier alpha value is -2.80. The zero-order valence-electron chi connectivity index (χ0n) is 15.6. The molecule has 1 heterocycles. The van der Waals surface area contributed by atoms with Crippen molar-refractivity contribution in [2.45, 2.75) is 27.3 Å². The number of thiocarbonyl (C=S) groups is 1. The molecule has 6 nitrogen and oxygen atoms in total. The van der Waals surface area contributed by atoms with Gasteiger partial charge in [-0.15, -0.1) is 0 Å². The third-order valence-electron chi connectivity index (χ3n) is 3.75. The van der Waals surface area contributed by atoms with Crippen LogP contribution in [0.25, 0.3) is 0 Å². The van der Waals surface area contributed by atoms with Crippen molar-refractivity contribution >= 4 is 34.9 Å². The third kappa shape index (κ3) is 5.86. The first-order valence-electron chi connectivity index (χ1n) is 8.70. The fourth-order valence-corrected chi connectivity index (χ4v) is 2.53. The molecule has 0 unspecified atom stereocenters. The van der Waals surface area contributed by atoms with Crippen LogP contribution in [-0.4, -0.2) is 28.6 Å². The summed E-state index contributed by atoms with van der Waals surface area (Å²) < 4.78 is 5.01. The number of anilines is 1. The number of carbonyl (C=O) groups is 2. The van der Waals surface area contributed by atoms with Crippen LogP contribution < -0.4 is 10.2 Å². The SMILES string of the molecule is CCOC(=O)c1ccc(N(Cc2cccnc2)C(=S)NC(=O)C(C)C)cc1. The van der Waals surface area contributed by atoms with Crippen LogP contribution in [0, 0.1) is 5.92 Å². The molecule has 7 heteroatoms. The predicted octanol–water partition coefficient (Wildman–Crippen LogP) is 3.32. The maximum atomic E-state index is 12.1. The van der Waals surface area contributed by atoms with Crippen molar-refractivity contribution < 1.29 is 14.3 Å². The van der Waals surface area contributed by atoms with Crippen LogP contribution in [0.3, 0.4) is 0 Å². The number of benzene rings is 1. The minimum atomic E-state index is -0.376. The van der Waals surface area contributed by atoms with Gasteiger partial charge in [-0.05, 0) is 55.0 Å². The molecule has 1 amide bonds. The summed E-state index contributed by atoms with van der Waals surface area (Å²) in [7, 11) is 0. The van der Waals surface area contributed by atoms with E-state index >= 15 is 0 Å². The monoisotopic (exact) mass is 385 g/mol. The van der Waals surface area contributed by atoms with Gasteiger partial charge in [-0.1, -0.05) is 19.9 Å². The van der Waals surface area contributed by atoms with E-state index in [1.54, 1.807) is 62.3 Å². The second-order valence-electron chi connectivity index (χ2n) is 6.16. The Bertz CT molecular complexity index is 792. The van der Waals surface area contributed by atoms with Crippen LogP contribution in [0.1, 0.15) is 36.7 Å². The Morgan fingerprint density at radius 3 is 2.48 bits per heavy atom.